The molecule has 0 unspecified atom stereocenters. The highest BCUT2D eigenvalue weighted by Gasteiger charge is 2.36. The summed E-state index contributed by atoms with van der Waals surface area (Å²) in [5.41, 5.74) is 0.589. The van der Waals surface area contributed by atoms with Crippen molar-refractivity contribution in [3.63, 3.8) is 0 Å². The number of carbonyl (C=O) groups excluding carboxylic acids is 4. The molecule has 0 spiro atoms. The van der Waals surface area contributed by atoms with Crippen molar-refractivity contribution >= 4 is 69.8 Å². The lowest BCUT2D eigenvalue weighted by Gasteiger charge is -2.12. The van der Waals surface area contributed by atoms with Crippen LogP contribution >= 0.6 is 35.0 Å². The second-order valence-corrected chi connectivity index (χ2v) is 8.31. The molecule has 1 aliphatic heterocycles. The minimum absolute atomic E-state index is 0.0499. The molecular formula is C21H15Cl2FN2O6S. The van der Waals surface area contributed by atoms with Crippen LogP contribution in [0.3, 0.4) is 0 Å². The molecule has 12 heteroatoms. The topological polar surface area (TPSA) is 102 Å². The highest BCUT2D eigenvalue weighted by Crippen LogP contribution is 2.37. The second-order valence-electron chi connectivity index (χ2n) is 6.50. The van der Waals surface area contributed by atoms with E-state index in [-0.39, 0.29) is 26.4 Å². The third-order valence-corrected chi connectivity index (χ3v) is 5.63. The Hall–Kier alpha value is -3.08. The SMILES string of the molecule is COC(=O)COc1c(Cl)cc(/C=C2/SC(=O)N(CC(=O)Nc3cccc(F)c3)C2=O)cc1Cl. The van der Waals surface area contributed by atoms with E-state index in [9.17, 15) is 23.6 Å². The molecule has 0 bridgehead atoms. The van der Waals surface area contributed by atoms with E-state index < -0.39 is 42.0 Å². The van der Waals surface area contributed by atoms with Gasteiger partial charge in [-0.1, -0.05) is 29.3 Å². The monoisotopic (exact) mass is 512 g/mol. The van der Waals surface area contributed by atoms with Crippen molar-refractivity contribution in [3.8, 4) is 5.75 Å². The van der Waals surface area contributed by atoms with Crippen molar-refractivity contribution in [2.45, 2.75) is 0 Å². The van der Waals surface area contributed by atoms with E-state index in [1.54, 1.807) is 0 Å². The standard InChI is InChI=1S/C21H15Cl2FN2O6S/c1-31-18(28)10-32-19-14(22)5-11(6-15(19)23)7-16-20(29)26(21(30)33-16)9-17(27)25-13-4-2-3-12(24)8-13/h2-8H,9-10H2,1H3,(H,25,27)/b16-7+. The summed E-state index contributed by atoms with van der Waals surface area (Å²) in [4.78, 5) is 49.2. The first-order chi connectivity index (χ1) is 15.7. The molecule has 8 nitrogen and oxygen atoms in total. The molecule has 0 saturated carbocycles. The molecule has 1 aliphatic rings. The number of benzene rings is 2. The van der Waals surface area contributed by atoms with E-state index in [1.165, 1.54) is 43.5 Å². The average molecular weight is 513 g/mol. The van der Waals surface area contributed by atoms with E-state index in [0.29, 0.717) is 17.3 Å². The summed E-state index contributed by atoms with van der Waals surface area (Å²) in [6.07, 6.45) is 1.39. The molecular weight excluding hydrogens is 498 g/mol. The molecule has 1 saturated heterocycles. The number of halogens is 3. The Morgan fingerprint density at radius 2 is 1.88 bits per heavy atom. The number of esters is 1. The average Bonchev–Trinajstić information content (AvgIpc) is 3.00. The summed E-state index contributed by atoms with van der Waals surface area (Å²) < 4.78 is 23.0. The van der Waals surface area contributed by atoms with Gasteiger partial charge in [0, 0.05) is 5.69 Å². The molecule has 3 rings (SSSR count). The number of anilines is 1. The van der Waals surface area contributed by atoms with Crippen LogP contribution in [-0.4, -0.2) is 48.2 Å². The fourth-order valence-corrected chi connectivity index (χ4v) is 4.14. The lowest BCUT2D eigenvalue weighted by Crippen LogP contribution is -2.36. The van der Waals surface area contributed by atoms with Gasteiger partial charge in [-0.15, -0.1) is 0 Å². The van der Waals surface area contributed by atoms with Crippen LogP contribution in [-0.2, 0) is 19.1 Å². The molecule has 172 valence electrons. The summed E-state index contributed by atoms with van der Waals surface area (Å²) >= 11 is 13.0. The van der Waals surface area contributed by atoms with Crippen LogP contribution in [0.2, 0.25) is 10.0 Å². The Morgan fingerprint density at radius 1 is 1.18 bits per heavy atom. The number of amides is 3. The molecule has 3 amide bonds. The lowest BCUT2D eigenvalue weighted by atomic mass is 10.2. The van der Waals surface area contributed by atoms with Crippen LogP contribution < -0.4 is 10.1 Å². The molecule has 1 fully saturated rings. The Balaban J connectivity index is 1.71. The molecule has 1 heterocycles. The van der Waals surface area contributed by atoms with Gasteiger partial charge < -0.3 is 14.8 Å². The van der Waals surface area contributed by atoms with Gasteiger partial charge in [-0.25, -0.2) is 9.18 Å². The maximum Gasteiger partial charge on any atom is 0.343 e. The van der Waals surface area contributed by atoms with Gasteiger partial charge in [0.25, 0.3) is 11.1 Å². The number of ether oxygens (including phenoxy) is 2. The van der Waals surface area contributed by atoms with E-state index in [4.69, 9.17) is 27.9 Å². The van der Waals surface area contributed by atoms with Crippen molar-refractivity contribution in [1.82, 2.24) is 4.90 Å². The van der Waals surface area contributed by atoms with Crippen molar-refractivity contribution < 1.29 is 33.0 Å². The third kappa shape index (κ3) is 6.25. The minimum atomic E-state index is -0.683. The first kappa shape index (κ1) is 24.6. The fraction of sp³-hybridized carbons (Fsp3) is 0.143. The normalized spacial score (nSPS) is 14.5. The largest absolute Gasteiger partial charge is 0.479 e. The summed E-state index contributed by atoms with van der Waals surface area (Å²) in [6, 6.07) is 8.08. The highest BCUT2D eigenvalue weighted by molar-refractivity contribution is 8.18. The molecule has 1 N–H and O–H groups in total. The Morgan fingerprint density at radius 3 is 2.52 bits per heavy atom. The van der Waals surface area contributed by atoms with Crippen LogP contribution in [0.25, 0.3) is 6.08 Å². The zero-order valence-corrected chi connectivity index (χ0v) is 19.2. The number of imide groups is 1. The zero-order valence-electron chi connectivity index (χ0n) is 16.9. The number of nitrogens with one attached hydrogen (secondary N) is 1. The van der Waals surface area contributed by atoms with Gasteiger partial charge in [0.05, 0.1) is 22.1 Å². The third-order valence-electron chi connectivity index (χ3n) is 4.16. The summed E-state index contributed by atoms with van der Waals surface area (Å²) in [5.74, 6) is -2.45. The number of rotatable bonds is 7. The van der Waals surface area contributed by atoms with E-state index >= 15 is 0 Å². The van der Waals surface area contributed by atoms with E-state index in [0.717, 1.165) is 11.0 Å². The quantitative estimate of drug-likeness (QED) is 0.434. The zero-order chi connectivity index (χ0) is 24.1. The van der Waals surface area contributed by atoms with Crippen LogP contribution in [0, 0.1) is 5.82 Å². The fourth-order valence-electron chi connectivity index (χ4n) is 2.69. The number of hydrogen-bond acceptors (Lipinski definition) is 7. The van der Waals surface area contributed by atoms with Crippen LogP contribution in [0.5, 0.6) is 5.75 Å². The van der Waals surface area contributed by atoms with Crippen molar-refractivity contribution in [1.29, 1.82) is 0 Å². The summed E-state index contributed by atoms with van der Waals surface area (Å²) in [5, 5.41) is 1.93. The lowest BCUT2D eigenvalue weighted by molar-refractivity contribution is -0.142. The van der Waals surface area contributed by atoms with Crippen molar-refractivity contribution in [2.24, 2.45) is 0 Å². The van der Waals surface area contributed by atoms with E-state index in [1.807, 2.05) is 0 Å². The van der Waals surface area contributed by atoms with Gasteiger partial charge in [0.2, 0.25) is 5.91 Å². The van der Waals surface area contributed by atoms with Gasteiger partial charge in [-0.3, -0.25) is 19.3 Å². The molecule has 0 radical (unpaired) electrons. The Bertz CT molecular complexity index is 1150. The van der Waals surface area contributed by atoms with Gasteiger partial charge in [-0.2, -0.15) is 0 Å². The maximum absolute atomic E-state index is 13.3. The van der Waals surface area contributed by atoms with Crippen LogP contribution in [0.4, 0.5) is 14.9 Å². The van der Waals surface area contributed by atoms with Crippen molar-refractivity contribution in [3.05, 3.63) is 62.7 Å². The second kappa shape index (κ2) is 10.7. The maximum atomic E-state index is 13.3. The first-order valence-electron chi connectivity index (χ1n) is 9.17. The Kier molecular flexibility index (Phi) is 7.96. The van der Waals surface area contributed by atoms with Crippen molar-refractivity contribution in [2.75, 3.05) is 25.6 Å². The molecule has 2 aromatic rings. The number of methoxy groups -OCH3 is 1. The molecule has 0 aromatic heterocycles. The van der Waals surface area contributed by atoms with Gasteiger partial charge >= 0.3 is 5.97 Å². The predicted octanol–water partition coefficient (Wildman–Crippen LogP) is 4.36. The summed E-state index contributed by atoms with van der Waals surface area (Å²) in [7, 11) is 1.20. The highest BCUT2D eigenvalue weighted by atomic mass is 35.5. The van der Waals surface area contributed by atoms with Crippen LogP contribution in [0.15, 0.2) is 41.3 Å². The number of hydrogen-bond donors (Lipinski definition) is 1. The molecule has 2 aromatic carbocycles. The van der Waals surface area contributed by atoms with Gasteiger partial charge in [0.15, 0.2) is 12.4 Å². The van der Waals surface area contributed by atoms with Gasteiger partial charge in [0.1, 0.15) is 12.4 Å². The number of nitrogens with zero attached hydrogens (tertiary/aromatic N) is 1. The summed E-state index contributed by atoms with van der Waals surface area (Å²) in [6.45, 7) is -0.938. The Labute approximate surface area is 201 Å². The molecule has 0 atom stereocenters. The number of carbonyl (C=O) groups is 4. The molecule has 0 aliphatic carbocycles. The predicted molar refractivity (Wildman–Crippen MR) is 122 cm³/mol. The van der Waals surface area contributed by atoms with E-state index in [2.05, 4.69) is 10.1 Å². The number of thioether (sulfide) groups is 1. The smallest absolute Gasteiger partial charge is 0.343 e. The minimum Gasteiger partial charge on any atom is -0.479 e. The van der Waals surface area contributed by atoms with Gasteiger partial charge in [-0.05, 0) is 53.7 Å². The van der Waals surface area contributed by atoms with Crippen LogP contribution in [0.1, 0.15) is 5.56 Å². The molecule has 33 heavy (non-hydrogen) atoms. The first-order valence-corrected chi connectivity index (χ1v) is 10.7.